The topological polar surface area (TPSA) is 60.0 Å². The van der Waals surface area contributed by atoms with Crippen molar-refractivity contribution in [3.63, 3.8) is 0 Å². The Morgan fingerprint density at radius 2 is 2.16 bits per heavy atom. The molecule has 1 unspecified atom stereocenters. The lowest BCUT2D eigenvalue weighted by molar-refractivity contribution is 0.0124. The Hall–Kier alpha value is -1.46. The smallest absolute Gasteiger partial charge is 0.231 e. The van der Waals surface area contributed by atoms with Gasteiger partial charge in [-0.15, -0.1) is 0 Å². The molecule has 0 fully saturated rings. The number of ether oxygens (including phenoxy) is 3. The van der Waals surface area contributed by atoms with Crippen LogP contribution in [0.1, 0.15) is 20.3 Å². The zero-order valence-electron chi connectivity index (χ0n) is 11.4. The Morgan fingerprint density at radius 1 is 1.37 bits per heavy atom. The summed E-state index contributed by atoms with van der Waals surface area (Å²) in [5.74, 6) is 2.07. The monoisotopic (exact) mass is 267 g/mol. The molecule has 1 aromatic carbocycles. The fourth-order valence-electron chi connectivity index (χ4n) is 1.79. The van der Waals surface area contributed by atoms with Crippen LogP contribution in [0.3, 0.4) is 0 Å². The highest BCUT2D eigenvalue weighted by molar-refractivity contribution is 5.46. The fraction of sp³-hybridized carbons (Fsp3) is 0.571. The molecule has 1 aromatic rings. The molecule has 2 rings (SSSR count). The van der Waals surface area contributed by atoms with E-state index >= 15 is 0 Å². The molecule has 1 atom stereocenters. The van der Waals surface area contributed by atoms with Crippen molar-refractivity contribution in [2.45, 2.75) is 25.9 Å². The minimum Gasteiger partial charge on any atom is -0.490 e. The Bertz CT molecular complexity index is 420. The first-order valence-corrected chi connectivity index (χ1v) is 6.56. The molecule has 0 aromatic heterocycles. The van der Waals surface area contributed by atoms with E-state index in [1.165, 1.54) is 0 Å². The van der Waals surface area contributed by atoms with Crippen LogP contribution in [0, 0.1) is 0 Å². The first-order valence-electron chi connectivity index (χ1n) is 6.56. The molecule has 0 saturated carbocycles. The van der Waals surface area contributed by atoms with Crippen molar-refractivity contribution in [2.24, 2.45) is 0 Å². The molecule has 0 saturated heterocycles. The van der Waals surface area contributed by atoms with Crippen molar-refractivity contribution in [2.75, 3.05) is 26.5 Å². The summed E-state index contributed by atoms with van der Waals surface area (Å²) < 4.78 is 16.1. The van der Waals surface area contributed by atoms with Crippen molar-refractivity contribution in [3.8, 4) is 17.2 Å². The highest BCUT2D eigenvalue weighted by Gasteiger charge is 2.21. The lowest BCUT2D eigenvalue weighted by Gasteiger charge is -2.24. The highest BCUT2D eigenvalue weighted by Crippen LogP contribution is 2.35. The van der Waals surface area contributed by atoms with Crippen LogP contribution in [0.2, 0.25) is 0 Å². The Morgan fingerprint density at radius 3 is 2.95 bits per heavy atom. The van der Waals surface area contributed by atoms with Gasteiger partial charge in [-0.2, -0.15) is 0 Å². The van der Waals surface area contributed by atoms with E-state index < -0.39 is 5.60 Å². The maximum atomic E-state index is 10.2. The van der Waals surface area contributed by atoms with Gasteiger partial charge in [0, 0.05) is 12.6 Å². The molecule has 0 spiro atoms. The zero-order valence-corrected chi connectivity index (χ0v) is 11.4. The number of benzene rings is 1. The molecular formula is C14H21NO4. The summed E-state index contributed by atoms with van der Waals surface area (Å²) in [5, 5.41) is 13.3. The third kappa shape index (κ3) is 4.01. The molecule has 2 N–H and O–H groups in total. The summed E-state index contributed by atoms with van der Waals surface area (Å²) in [4.78, 5) is 0. The lowest BCUT2D eigenvalue weighted by Crippen LogP contribution is -2.43. The van der Waals surface area contributed by atoms with Gasteiger partial charge in [0.25, 0.3) is 0 Å². The number of rotatable bonds is 7. The van der Waals surface area contributed by atoms with Gasteiger partial charge in [0.05, 0.1) is 0 Å². The van der Waals surface area contributed by atoms with Crippen LogP contribution in [0.15, 0.2) is 18.2 Å². The highest BCUT2D eigenvalue weighted by atomic mass is 16.7. The molecule has 1 heterocycles. The van der Waals surface area contributed by atoms with Crippen LogP contribution >= 0.6 is 0 Å². The Labute approximate surface area is 113 Å². The quantitative estimate of drug-likeness (QED) is 0.734. The van der Waals surface area contributed by atoms with Crippen LogP contribution in [0.25, 0.3) is 0 Å². The molecule has 0 bridgehead atoms. The number of aliphatic hydroxyl groups is 1. The summed E-state index contributed by atoms with van der Waals surface area (Å²) in [7, 11) is 0. The van der Waals surface area contributed by atoms with Crippen LogP contribution in [-0.4, -0.2) is 37.2 Å². The second-order valence-corrected chi connectivity index (χ2v) is 4.98. The lowest BCUT2D eigenvalue weighted by atomic mass is 10.1. The van der Waals surface area contributed by atoms with E-state index in [1.807, 2.05) is 12.1 Å². The van der Waals surface area contributed by atoms with Gasteiger partial charge in [0.2, 0.25) is 6.79 Å². The fourth-order valence-corrected chi connectivity index (χ4v) is 1.79. The van der Waals surface area contributed by atoms with Gasteiger partial charge < -0.3 is 24.6 Å². The molecule has 19 heavy (non-hydrogen) atoms. The van der Waals surface area contributed by atoms with Gasteiger partial charge in [-0.05, 0) is 32.0 Å². The molecule has 1 aliphatic rings. The summed E-state index contributed by atoms with van der Waals surface area (Å²) in [6.45, 7) is 5.71. The molecule has 0 radical (unpaired) electrons. The van der Waals surface area contributed by atoms with E-state index in [1.54, 1.807) is 13.0 Å². The molecule has 0 aliphatic carbocycles. The van der Waals surface area contributed by atoms with Gasteiger partial charge >= 0.3 is 0 Å². The molecule has 5 heteroatoms. The van der Waals surface area contributed by atoms with Gasteiger partial charge in [-0.3, -0.25) is 0 Å². The predicted molar refractivity (Wildman–Crippen MR) is 71.8 cm³/mol. The average molecular weight is 267 g/mol. The molecular weight excluding hydrogens is 246 g/mol. The van der Waals surface area contributed by atoms with Gasteiger partial charge in [0.1, 0.15) is 18.0 Å². The van der Waals surface area contributed by atoms with E-state index in [9.17, 15) is 5.11 Å². The normalized spacial score (nSPS) is 16.2. The minimum atomic E-state index is -0.897. The predicted octanol–water partition coefficient (Wildman–Crippen LogP) is 1.54. The third-order valence-corrected chi connectivity index (χ3v) is 2.83. The van der Waals surface area contributed by atoms with Crippen LogP contribution in [0.5, 0.6) is 17.2 Å². The maximum absolute atomic E-state index is 10.2. The summed E-state index contributed by atoms with van der Waals surface area (Å²) >= 11 is 0. The zero-order chi connectivity index (χ0) is 13.7. The SMILES string of the molecule is CCCNCC(C)(O)COc1ccc2c(c1)OCO2. The molecule has 5 nitrogen and oxygen atoms in total. The standard InChI is InChI=1S/C14H21NO4/c1-3-6-15-8-14(2,16)9-17-11-4-5-12-13(7-11)19-10-18-12/h4-5,7,15-16H,3,6,8-10H2,1-2H3. The summed E-state index contributed by atoms with van der Waals surface area (Å²) in [5.41, 5.74) is -0.897. The van der Waals surface area contributed by atoms with Crippen LogP contribution < -0.4 is 19.5 Å². The van der Waals surface area contributed by atoms with E-state index in [2.05, 4.69) is 12.2 Å². The maximum Gasteiger partial charge on any atom is 0.231 e. The first kappa shape index (κ1) is 14.0. The largest absolute Gasteiger partial charge is 0.490 e. The summed E-state index contributed by atoms with van der Waals surface area (Å²) in [6, 6.07) is 5.39. The van der Waals surface area contributed by atoms with Crippen LogP contribution in [-0.2, 0) is 0 Å². The molecule has 0 amide bonds. The Balaban J connectivity index is 1.84. The van der Waals surface area contributed by atoms with E-state index in [0.717, 1.165) is 18.7 Å². The first-order chi connectivity index (χ1) is 9.11. The number of fused-ring (bicyclic) bond motifs is 1. The van der Waals surface area contributed by atoms with Gasteiger partial charge in [0.15, 0.2) is 11.5 Å². The molecule has 106 valence electrons. The second-order valence-electron chi connectivity index (χ2n) is 4.98. The number of nitrogens with one attached hydrogen (secondary N) is 1. The third-order valence-electron chi connectivity index (χ3n) is 2.83. The second kappa shape index (κ2) is 6.12. The van der Waals surface area contributed by atoms with E-state index in [-0.39, 0.29) is 13.4 Å². The van der Waals surface area contributed by atoms with E-state index in [0.29, 0.717) is 18.0 Å². The van der Waals surface area contributed by atoms with Gasteiger partial charge in [-0.25, -0.2) is 0 Å². The van der Waals surface area contributed by atoms with Crippen LogP contribution in [0.4, 0.5) is 0 Å². The van der Waals surface area contributed by atoms with E-state index in [4.69, 9.17) is 14.2 Å². The van der Waals surface area contributed by atoms with Crippen molar-refractivity contribution in [1.29, 1.82) is 0 Å². The number of hydrogen-bond donors (Lipinski definition) is 2. The van der Waals surface area contributed by atoms with Crippen molar-refractivity contribution >= 4 is 0 Å². The minimum absolute atomic E-state index is 0.226. The summed E-state index contributed by atoms with van der Waals surface area (Å²) in [6.07, 6.45) is 1.04. The van der Waals surface area contributed by atoms with Crippen molar-refractivity contribution < 1.29 is 19.3 Å². The Kier molecular flexibility index (Phi) is 4.50. The average Bonchev–Trinajstić information content (AvgIpc) is 2.84. The number of hydrogen-bond acceptors (Lipinski definition) is 5. The van der Waals surface area contributed by atoms with Crippen molar-refractivity contribution in [3.05, 3.63) is 18.2 Å². The van der Waals surface area contributed by atoms with Gasteiger partial charge in [-0.1, -0.05) is 6.92 Å². The van der Waals surface area contributed by atoms with Crippen molar-refractivity contribution in [1.82, 2.24) is 5.32 Å². The molecule has 1 aliphatic heterocycles.